The van der Waals surface area contributed by atoms with Crippen molar-refractivity contribution in [1.82, 2.24) is 0 Å². The highest BCUT2D eigenvalue weighted by atomic mass is 31.2. The van der Waals surface area contributed by atoms with E-state index in [-0.39, 0.29) is 0 Å². The smallest absolute Gasteiger partial charge is 0.143 e. The van der Waals surface area contributed by atoms with Gasteiger partial charge in [0.05, 0.1) is 0 Å². The Morgan fingerprint density at radius 3 is 1.12 bits per heavy atom. The normalized spacial score (nSPS) is 14.9. The van der Waals surface area contributed by atoms with E-state index in [0.717, 1.165) is 32.3 Å². The van der Waals surface area contributed by atoms with Crippen LogP contribution in [0, 0.1) is 13.8 Å². The van der Waals surface area contributed by atoms with E-state index < -0.39 is 14.3 Å². The van der Waals surface area contributed by atoms with Gasteiger partial charge in [-0.15, -0.1) is 0 Å². The van der Waals surface area contributed by atoms with Gasteiger partial charge < -0.3 is 9.13 Å². The Morgan fingerprint density at radius 2 is 0.781 bits per heavy atom. The second-order valence-corrected chi connectivity index (χ2v) is 14.0. The Labute approximate surface area is 191 Å². The van der Waals surface area contributed by atoms with Crippen molar-refractivity contribution >= 4 is 35.5 Å². The highest BCUT2D eigenvalue weighted by molar-refractivity contribution is 7.82. The highest BCUT2D eigenvalue weighted by Gasteiger charge is 2.35. The maximum atomic E-state index is 14.7. The highest BCUT2D eigenvalue weighted by Crippen LogP contribution is 2.51. The third-order valence-electron chi connectivity index (χ3n) is 6.09. The summed E-state index contributed by atoms with van der Waals surface area (Å²) in [5.41, 5.74) is 2.01. The van der Waals surface area contributed by atoms with Crippen molar-refractivity contribution in [1.29, 1.82) is 0 Å². The molecular weight excluding hydrogens is 430 g/mol. The molecule has 0 N–H and O–H groups in total. The molecule has 4 aromatic carbocycles. The molecule has 0 fully saturated rings. The van der Waals surface area contributed by atoms with E-state index in [1.165, 1.54) is 0 Å². The molecule has 4 aromatic rings. The number of rotatable bonds is 7. The van der Waals surface area contributed by atoms with Crippen LogP contribution in [-0.4, -0.2) is 12.3 Å². The molecule has 0 bridgehead atoms. The standard InChI is InChI=1S/C28H28O2P2/c1-23-13-9-11-19-27(23)31(29,25-15-5-3-6-16-25)21-22-32(30,26-17-7-4-8-18-26)28-20-12-10-14-24(28)2/h3-20H,21-22H2,1-2H3. The van der Waals surface area contributed by atoms with Crippen molar-refractivity contribution in [3.05, 3.63) is 120 Å². The molecule has 32 heavy (non-hydrogen) atoms. The van der Waals surface area contributed by atoms with E-state index in [9.17, 15) is 9.13 Å². The summed E-state index contributed by atoms with van der Waals surface area (Å²) in [5.74, 6) is 0. The summed E-state index contributed by atoms with van der Waals surface area (Å²) in [6.07, 6.45) is 0.699. The first-order valence-corrected chi connectivity index (χ1v) is 14.7. The van der Waals surface area contributed by atoms with Crippen LogP contribution in [0.1, 0.15) is 11.1 Å². The predicted octanol–water partition coefficient (Wildman–Crippen LogP) is 5.63. The zero-order valence-electron chi connectivity index (χ0n) is 18.5. The van der Waals surface area contributed by atoms with Gasteiger partial charge in [0.1, 0.15) is 14.3 Å². The average Bonchev–Trinajstić information content (AvgIpc) is 2.84. The topological polar surface area (TPSA) is 34.1 Å². The molecule has 0 aliphatic rings. The first kappa shape index (κ1) is 22.5. The van der Waals surface area contributed by atoms with E-state index in [1.54, 1.807) is 0 Å². The molecule has 2 nitrogen and oxygen atoms in total. The number of benzene rings is 4. The van der Waals surface area contributed by atoms with Crippen molar-refractivity contribution in [2.75, 3.05) is 12.3 Å². The maximum Gasteiger partial charge on any atom is 0.143 e. The van der Waals surface area contributed by atoms with Crippen molar-refractivity contribution in [3.8, 4) is 0 Å². The molecule has 2 unspecified atom stereocenters. The minimum Gasteiger partial charge on any atom is -0.314 e. The molecule has 0 aliphatic carbocycles. The van der Waals surface area contributed by atoms with Crippen LogP contribution in [0.3, 0.4) is 0 Å². The van der Waals surface area contributed by atoms with Crippen LogP contribution in [-0.2, 0) is 9.13 Å². The van der Waals surface area contributed by atoms with E-state index >= 15 is 0 Å². The molecule has 4 rings (SSSR count). The van der Waals surface area contributed by atoms with Crippen LogP contribution in [0.5, 0.6) is 0 Å². The molecule has 0 saturated heterocycles. The van der Waals surface area contributed by atoms with Gasteiger partial charge in [0, 0.05) is 33.5 Å². The number of hydrogen-bond donors (Lipinski definition) is 0. The first-order valence-electron chi connectivity index (χ1n) is 10.9. The van der Waals surface area contributed by atoms with Gasteiger partial charge in [0.25, 0.3) is 0 Å². The lowest BCUT2D eigenvalue weighted by molar-refractivity contribution is 0.582. The van der Waals surface area contributed by atoms with Gasteiger partial charge in [0.2, 0.25) is 0 Å². The zero-order chi connectivity index (χ0) is 22.6. The van der Waals surface area contributed by atoms with Gasteiger partial charge in [-0.1, -0.05) is 109 Å². The lowest BCUT2D eigenvalue weighted by Crippen LogP contribution is -2.26. The summed E-state index contributed by atoms with van der Waals surface area (Å²) in [4.78, 5) is 0. The quantitative estimate of drug-likeness (QED) is 0.336. The SMILES string of the molecule is Cc1ccccc1P(=O)(CCP(=O)(c1ccccc1)c1ccccc1C)c1ccccc1. The number of hydrogen-bond acceptors (Lipinski definition) is 2. The van der Waals surface area contributed by atoms with Crippen LogP contribution in [0.15, 0.2) is 109 Å². The lowest BCUT2D eigenvalue weighted by Gasteiger charge is -2.26. The van der Waals surface area contributed by atoms with Crippen LogP contribution in [0.4, 0.5) is 0 Å². The second kappa shape index (κ2) is 9.45. The van der Waals surface area contributed by atoms with E-state index in [0.29, 0.717) is 12.3 Å². The Bertz CT molecular complexity index is 1190. The minimum atomic E-state index is -2.99. The van der Waals surface area contributed by atoms with Gasteiger partial charge in [-0.2, -0.15) is 0 Å². The summed E-state index contributed by atoms with van der Waals surface area (Å²) in [7, 11) is -5.97. The molecular formula is C28H28O2P2. The van der Waals surface area contributed by atoms with Crippen molar-refractivity contribution in [2.45, 2.75) is 13.8 Å². The summed E-state index contributed by atoms with van der Waals surface area (Å²) in [6.45, 7) is 4.01. The summed E-state index contributed by atoms with van der Waals surface area (Å²) in [6, 6.07) is 35.1. The fraction of sp³-hybridized carbons (Fsp3) is 0.143. The second-order valence-electron chi connectivity index (χ2n) is 8.17. The van der Waals surface area contributed by atoms with Gasteiger partial charge >= 0.3 is 0 Å². The Kier molecular flexibility index (Phi) is 6.66. The van der Waals surface area contributed by atoms with Gasteiger partial charge in [-0.05, 0) is 25.0 Å². The Balaban J connectivity index is 1.84. The molecule has 0 amide bonds. The minimum absolute atomic E-state index is 0.350. The first-order chi connectivity index (χ1) is 15.4. The predicted molar refractivity (Wildman–Crippen MR) is 139 cm³/mol. The lowest BCUT2D eigenvalue weighted by atomic mass is 10.2. The average molecular weight is 458 g/mol. The van der Waals surface area contributed by atoms with Crippen LogP contribution in [0.25, 0.3) is 0 Å². The van der Waals surface area contributed by atoms with Gasteiger partial charge in [-0.3, -0.25) is 0 Å². The Morgan fingerprint density at radius 1 is 0.469 bits per heavy atom. The molecule has 4 heteroatoms. The van der Waals surface area contributed by atoms with Crippen LogP contribution in [0.2, 0.25) is 0 Å². The molecule has 162 valence electrons. The molecule has 2 atom stereocenters. The molecule has 0 aromatic heterocycles. The summed E-state index contributed by atoms with van der Waals surface area (Å²) in [5, 5.41) is 3.35. The summed E-state index contributed by atoms with van der Waals surface area (Å²) < 4.78 is 29.4. The fourth-order valence-corrected chi connectivity index (χ4v) is 11.4. The van der Waals surface area contributed by atoms with Crippen LogP contribution >= 0.6 is 14.3 Å². The summed E-state index contributed by atoms with van der Waals surface area (Å²) >= 11 is 0. The van der Waals surface area contributed by atoms with Gasteiger partial charge in [0.15, 0.2) is 0 Å². The van der Waals surface area contributed by atoms with E-state index in [2.05, 4.69) is 0 Å². The third kappa shape index (κ3) is 4.31. The largest absolute Gasteiger partial charge is 0.314 e. The zero-order valence-corrected chi connectivity index (χ0v) is 20.3. The van der Waals surface area contributed by atoms with Crippen molar-refractivity contribution in [2.24, 2.45) is 0 Å². The van der Waals surface area contributed by atoms with Crippen LogP contribution < -0.4 is 21.2 Å². The van der Waals surface area contributed by atoms with E-state index in [1.807, 2.05) is 123 Å². The third-order valence-corrected chi connectivity index (χ3v) is 13.0. The molecule has 0 spiro atoms. The number of aryl methyl sites for hydroxylation is 2. The van der Waals surface area contributed by atoms with Gasteiger partial charge in [-0.25, -0.2) is 0 Å². The fourth-order valence-electron chi connectivity index (χ4n) is 4.33. The van der Waals surface area contributed by atoms with Crippen molar-refractivity contribution < 1.29 is 9.13 Å². The maximum absolute atomic E-state index is 14.7. The molecule has 0 radical (unpaired) electrons. The molecule has 0 aliphatic heterocycles. The Hall–Kier alpha value is -2.66. The monoisotopic (exact) mass is 458 g/mol. The van der Waals surface area contributed by atoms with E-state index in [4.69, 9.17) is 0 Å². The molecule has 0 saturated carbocycles. The van der Waals surface area contributed by atoms with Crippen molar-refractivity contribution in [3.63, 3.8) is 0 Å². The molecule has 0 heterocycles.